The van der Waals surface area contributed by atoms with Crippen molar-refractivity contribution in [3.8, 4) is 0 Å². The fraction of sp³-hybridized carbons (Fsp3) is 0.778. The van der Waals surface area contributed by atoms with E-state index in [0.717, 1.165) is 0 Å². The highest BCUT2D eigenvalue weighted by Crippen LogP contribution is 0.969. The Hall–Kier alpha value is -1.14. The van der Waals surface area contributed by atoms with E-state index in [9.17, 15) is 0 Å². The van der Waals surface area contributed by atoms with Crippen molar-refractivity contribution in [2.75, 3.05) is 0 Å². The van der Waals surface area contributed by atoms with Gasteiger partial charge in [0.05, 0.1) is 0 Å². The number of carboxylic acid groups (broad SMARTS) is 2. The monoisotopic (exact) mass is 238 g/mol. The number of carbonyl (C=O) groups is 2. The Morgan fingerprint density at radius 1 is 0.533 bits per heavy atom. The smallest absolute Gasteiger partial charge is 0.290 e. The van der Waals surface area contributed by atoms with Crippen LogP contribution in [0.25, 0.3) is 0 Å². The van der Waals surface area contributed by atoms with Gasteiger partial charge in [-0.2, -0.15) is 0 Å². The fourth-order valence-electron chi connectivity index (χ4n) is 0. The first-order valence-electron chi connectivity index (χ1n) is 0.988. The lowest BCUT2D eigenvalue weighted by atomic mass is 11.7. The van der Waals surface area contributed by atoms with Gasteiger partial charge in [0.2, 0.25) is 0 Å². The van der Waals surface area contributed by atoms with Crippen molar-refractivity contribution in [3.63, 3.8) is 0 Å². The maximum atomic E-state index is 8.36. The second-order valence-electron chi connectivity index (χ2n) is 0.211. The van der Waals surface area contributed by atoms with Crippen molar-refractivity contribution in [2.24, 2.45) is 0 Å². The molecule has 0 saturated heterocycles. The maximum absolute atomic E-state index is 8.36. The second-order valence-corrected chi connectivity index (χ2v) is 0.211. The van der Waals surface area contributed by atoms with E-state index in [0.29, 0.717) is 0 Å². The van der Waals surface area contributed by atoms with Crippen molar-refractivity contribution >= 4 is 12.9 Å². The molecule has 0 heterocycles. The molecule has 0 aromatic carbocycles. The molecule has 0 aliphatic heterocycles. The summed E-state index contributed by atoms with van der Waals surface area (Å²) in [6.07, 6.45) is 0. The zero-order valence-electron chi connectivity index (χ0n) is 4.28. The van der Waals surface area contributed by atoms with Crippen molar-refractivity contribution in [3.05, 3.63) is 0 Å². The van der Waals surface area contributed by atoms with Gasteiger partial charge in [-0.25, -0.2) is 0 Å². The van der Waals surface area contributed by atoms with E-state index < -0.39 is 0 Å². The van der Waals surface area contributed by atoms with Gasteiger partial charge >= 0.3 is 0 Å². The van der Waals surface area contributed by atoms with Crippen LogP contribution in [-0.4, -0.2) is 23.2 Å². The van der Waals surface area contributed by atoms with E-state index in [1.54, 1.807) is 0 Å². The van der Waals surface area contributed by atoms with Gasteiger partial charge in [-0.3, -0.25) is 9.59 Å². The minimum Gasteiger partial charge on any atom is -0.483 e. The Morgan fingerprint density at radius 2 is 0.533 bits per heavy atom. The van der Waals surface area contributed by atoms with Crippen molar-refractivity contribution in [2.45, 2.75) is 52.0 Å². The molecule has 0 atom stereocenters. The molecule has 8 N–H and O–H groups in total. The van der Waals surface area contributed by atoms with Crippen LogP contribution in [-0.2, 0) is 9.59 Å². The van der Waals surface area contributed by atoms with Crippen LogP contribution in [0, 0.1) is 0 Å². The molecular weight excluding hydrogens is 200 g/mol. The van der Waals surface area contributed by atoms with E-state index in [-0.39, 0.29) is 77.2 Å². The third kappa shape index (κ3) is 1170. The summed E-state index contributed by atoms with van der Waals surface area (Å²) in [6.45, 7) is -0.500. The first kappa shape index (κ1) is 280. The Bertz CT molecular complexity index is 41.1. The van der Waals surface area contributed by atoms with Crippen LogP contribution < -0.4 is 12.3 Å². The molecule has 108 valence electrons. The number of hydrogen-bond donors (Lipinski definition) is 4. The summed E-state index contributed by atoms with van der Waals surface area (Å²) in [5.74, 6) is 0. The van der Waals surface area contributed by atoms with E-state index in [1.807, 2.05) is 0 Å². The predicted octanol–water partition coefficient (Wildman–Crippen LogP) is 4.18. The Labute approximate surface area is 97.9 Å². The predicted molar refractivity (Wildman–Crippen MR) is 74.5 cm³/mol. The summed E-state index contributed by atoms with van der Waals surface area (Å²) >= 11 is 0. The SMILES string of the molecule is C.C.C.C.C.C.C.N.N.O=CO.O=CO. The minimum absolute atomic E-state index is 0. The topological polar surface area (TPSA) is 145 Å². The summed E-state index contributed by atoms with van der Waals surface area (Å²) in [5.41, 5.74) is 0. The summed E-state index contributed by atoms with van der Waals surface area (Å²) in [6, 6.07) is 0. The molecule has 0 fully saturated rings. The van der Waals surface area contributed by atoms with Crippen molar-refractivity contribution in [1.82, 2.24) is 12.3 Å². The molecule has 15 heavy (non-hydrogen) atoms. The highest BCUT2D eigenvalue weighted by Gasteiger charge is 1.22. The van der Waals surface area contributed by atoms with Crippen molar-refractivity contribution in [1.29, 1.82) is 0 Å². The van der Waals surface area contributed by atoms with Gasteiger partial charge in [-0.15, -0.1) is 0 Å². The molecule has 6 nitrogen and oxygen atoms in total. The summed E-state index contributed by atoms with van der Waals surface area (Å²) in [7, 11) is 0. The van der Waals surface area contributed by atoms with Crippen LogP contribution in [0.5, 0.6) is 0 Å². The molecule has 0 spiro atoms. The lowest BCUT2D eigenvalue weighted by Gasteiger charge is -1.34. The standard InChI is InChI=1S/2CH2O2.7CH4.2H3N/c2*2-1-3;;;;;;;;;/h2*1H,(H,2,3);7*1H4;2*1H3. The summed E-state index contributed by atoms with van der Waals surface area (Å²) in [4.78, 5) is 16.7. The summed E-state index contributed by atoms with van der Waals surface area (Å²) in [5, 5.41) is 13.8. The third-order valence-corrected chi connectivity index (χ3v) is 0. The molecule has 0 aliphatic carbocycles. The molecule has 0 bridgehead atoms. The Balaban J connectivity index is -0.00000000148. The molecule has 0 radical (unpaired) electrons. The van der Waals surface area contributed by atoms with Crippen molar-refractivity contribution < 1.29 is 19.8 Å². The number of hydrogen-bond acceptors (Lipinski definition) is 4. The zero-order valence-corrected chi connectivity index (χ0v) is 4.28. The van der Waals surface area contributed by atoms with E-state index in [1.165, 1.54) is 0 Å². The van der Waals surface area contributed by atoms with Gasteiger partial charge in [0.1, 0.15) is 0 Å². The molecule has 6 heteroatoms. The van der Waals surface area contributed by atoms with E-state index in [2.05, 4.69) is 0 Å². The lowest BCUT2D eigenvalue weighted by Crippen LogP contribution is -1.49. The molecule has 0 aromatic rings. The van der Waals surface area contributed by atoms with Crippen LogP contribution in [0.1, 0.15) is 52.0 Å². The largest absolute Gasteiger partial charge is 0.483 e. The molecule has 0 amide bonds. The fourth-order valence-corrected chi connectivity index (χ4v) is 0. The molecule has 0 saturated carbocycles. The van der Waals surface area contributed by atoms with E-state index in [4.69, 9.17) is 19.8 Å². The minimum atomic E-state index is -0.250. The Morgan fingerprint density at radius 3 is 0.533 bits per heavy atom. The normalized spacial score (nSPS) is 1.60. The van der Waals surface area contributed by atoms with Crippen LogP contribution >= 0.6 is 0 Å². The van der Waals surface area contributed by atoms with Gasteiger partial charge in [0.15, 0.2) is 0 Å². The highest BCUT2D eigenvalue weighted by molar-refractivity contribution is 5.32. The average Bonchev–Trinajstić information content (AvgIpc) is 1.39. The van der Waals surface area contributed by atoms with Gasteiger partial charge in [-0.05, 0) is 0 Å². The molecule has 0 unspecified atom stereocenters. The van der Waals surface area contributed by atoms with E-state index >= 15 is 0 Å². The second kappa shape index (κ2) is 2450. The van der Waals surface area contributed by atoms with Crippen LogP contribution in [0.3, 0.4) is 0 Å². The van der Waals surface area contributed by atoms with Gasteiger partial charge in [-0.1, -0.05) is 52.0 Å². The average molecular weight is 238 g/mol. The Kier molecular flexibility index (Phi) is 45700. The summed E-state index contributed by atoms with van der Waals surface area (Å²) < 4.78 is 0. The lowest BCUT2D eigenvalue weighted by molar-refractivity contribution is -0.123. The maximum Gasteiger partial charge on any atom is 0.290 e. The van der Waals surface area contributed by atoms with Gasteiger partial charge in [0, 0.05) is 0 Å². The molecule has 0 aromatic heterocycles. The quantitative estimate of drug-likeness (QED) is 0.466. The van der Waals surface area contributed by atoms with Crippen LogP contribution in [0.4, 0.5) is 0 Å². The number of rotatable bonds is 0. The molecular formula is C9H38N2O4. The van der Waals surface area contributed by atoms with Crippen LogP contribution in [0.15, 0.2) is 0 Å². The zero-order chi connectivity index (χ0) is 5.41. The highest BCUT2D eigenvalue weighted by atomic mass is 16.3. The third-order valence-electron chi connectivity index (χ3n) is 0. The first-order valence-corrected chi connectivity index (χ1v) is 0.988. The molecule has 0 rings (SSSR count). The van der Waals surface area contributed by atoms with Crippen LogP contribution in [0.2, 0.25) is 0 Å². The van der Waals surface area contributed by atoms with Gasteiger partial charge < -0.3 is 22.5 Å². The van der Waals surface area contributed by atoms with Gasteiger partial charge in [0.25, 0.3) is 12.9 Å². The first-order chi connectivity index (χ1) is 2.83. The molecule has 0 aliphatic rings.